The van der Waals surface area contributed by atoms with Crippen molar-refractivity contribution in [3.8, 4) is 6.07 Å². The van der Waals surface area contributed by atoms with Crippen molar-refractivity contribution in [2.45, 2.75) is 11.4 Å². The van der Waals surface area contributed by atoms with Gasteiger partial charge >= 0.3 is 0 Å². The van der Waals surface area contributed by atoms with Crippen molar-refractivity contribution in [2.24, 2.45) is 0 Å². The van der Waals surface area contributed by atoms with Crippen LogP contribution in [-0.4, -0.2) is 31.4 Å². The highest BCUT2D eigenvalue weighted by Gasteiger charge is 2.18. The highest BCUT2D eigenvalue weighted by Crippen LogP contribution is 2.13. The molecule has 1 heterocycles. The van der Waals surface area contributed by atoms with Gasteiger partial charge in [0.1, 0.15) is 0 Å². The lowest BCUT2D eigenvalue weighted by Crippen LogP contribution is -2.26. The van der Waals surface area contributed by atoms with Gasteiger partial charge in [0.15, 0.2) is 0 Å². The maximum absolute atomic E-state index is 12.1. The SMILES string of the molecule is CN(C)S(=O)(=O)c1ccc(=O)n(Cc2ccccc2C#N)c1. The van der Waals surface area contributed by atoms with Crippen molar-refractivity contribution in [1.29, 1.82) is 5.26 Å². The van der Waals surface area contributed by atoms with Crippen LogP contribution in [-0.2, 0) is 16.6 Å². The Kier molecular flexibility index (Phi) is 4.45. The summed E-state index contributed by atoms with van der Waals surface area (Å²) >= 11 is 0. The van der Waals surface area contributed by atoms with Crippen LogP contribution in [0.4, 0.5) is 0 Å². The van der Waals surface area contributed by atoms with Crippen LogP contribution in [0.3, 0.4) is 0 Å². The highest BCUT2D eigenvalue weighted by molar-refractivity contribution is 7.89. The third-order valence-electron chi connectivity index (χ3n) is 3.21. The Bertz CT molecular complexity index is 893. The largest absolute Gasteiger partial charge is 0.310 e. The molecule has 0 aliphatic carbocycles. The lowest BCUT2D eigenvalue weighted by atomic mass is 10.1. The molecule has 0 unspecified atom stereocenters. The maximum Gasteiger partial charge on any atom is 0.250 e. The molecule has 0 spiro atoms. The zero-order valence-electron chi connectivity index (χ0n) is 12.2. The first-order chi connectivity index (χ1) is 10.4. The van der Waals surface area contributed by atoms with Crippen molar-refractivity contribution in [3.05, 3.63) is 64.1 Å². The van der Waals surface area contributed by atoms with Crippen LogP contribution < -0.4 is 5.56 Å². The first-order valence-corrected chi connectivity index (χ1v) is 7.91. The number of hydrogen-bond acceptors (Lipinski definition) is 4. The fourth-order valence-corrected chi connectivity index (χ4v) is 2.87. The first kappa shape index (κ1) is 15.9. The smallest absolute Gasteiger partial charge is 0.250 e. The zero-order chi connectivity index (χ0) is 16.3. The molecule has 0 atom stereocenters. The summed E-state index contributed by atoms with van der Waals surface area (Å²) in [5.41, 5.74) is 0.784. The van der Waals surface area contributed by atoms with Gasteiger partial charge in [-0.3, -0.25) is 4.79 Å². The molecular formula is C15H15N3O3S. The fraction of sp³-hybridized carbons (Fsp3) is 0.200. The van der Waals surface area contributed by atoms with Gasteiger partial charge in [0.05, 0.1) is 23.1 Å². The second-order valence-corrected chi connectivity index (χ2v) is 7.04. The van der Waals surface area contributed by atoms with Crippen LogP contribution in [0.5, 0.6) is 0 Å². The van der Waals surface area contributed by atoms with Gasteiger partial charge in [0.25, 0.3) is 5.56 Å². The molecule has 6 nitrogen and oxygen atoms in total. The first-order valence-electron chi connectivity index (χ1n) is 6.47. The monoisotopic (exact) mass is 317 g/mol. The second-order valence-electron chi connectivity index (χ2n) is 4.89. The Morgan fingerprint density at radius 2 is 1.86 bits per heavy atom. The van der Waals surface area contributed by atoms with Crippen molar-refractivity contribution >= 4 is 10.0 Å². The molecule has 114 valence electrons. The predicted molar refractivity (Wildman–Crippen MR) is 81.8 cm³/mol. The van der Waals surface area contributed by atoms with E-state index in [2.05, 4.69) is 6.07 Å². The van der Waals surface area contributed by atoms with Gasteiger partial charge in [-0.15, -0.1) is 0 Å². The number of aromatic nitrogens is 1. The molecule has 2 rings (SSSR count). The number of nitrogens with zero attached hydrogens (tertiary/aromatic N) is 3. The van der Waals surface area contributed by atoms with E-state index in [9.17, 15) is 13.2 Å². The number of rotatable bonds is 4. The molecule has 2 aromatic rings. The summed E-state index contributed by atoms with van der Waals surface area (Å²) in [5, 5.41) is 9.08. The van der Waals surface area contributed by atoms with Crippen LogP contribution in [0.25, 0.3) is 0 Å². The van der Waals surface area contributed by atoms with Crippen molar-refractivity contribution < 1.29 is 8.42 Å². The van der Waals surface area contributed by atoms with E-state index in [0.29, 0.717) is 11.1 Å². The minimum Gasteiger partial charge on any atom is -0.310 e. The van der Waals surface area contributed by atoms with Gasteiger partial charge in [0, 0.05) is 26.4 Å². The van der Waals surface area contributed by atoms with Crippen LogP contribution in [0.1, 0.15) is 11.1 Å². The van der Waals surface area contributed by atoms with Gasteiger partial charge < -0.3 is 4.57 Å². The predicted octanol–water partition coefficient (Wildman–Crippen LogP) is 1.02. The molecule has 0 saturated carbocycles. The Morgan fingerprint density at radius 1 is 1.18 bits per heavy atom. The Labute approximate surface area is 128 Å². The maximum atomic E-state index is 12.1. The van der Waals surface area contributed by atoms with Gasteiger partial charge in [-0.05, 0) is 17.7 Å². The molecule has 0 bridgehead atoms. The lowest BCUT2D eigenvalue weighted by Gasteiger charge is -2.13. The third kappa shape index (κ3) is 3.08. The molecule has 0 aliphatic heterocycles. The molecule has 7 heteroatoms. The standard InChI is InChI=1S/C15H15N3O3S/c1-17(2)22(20,21)14-7-8-15(19)18(11-14)10-13-6-4-3-5-12(13)9-16/h3-8,11H,10H2,1-2H3. The van der Waals surface area contributed by atoms with Crippen molar-refractivity contribution in [3.63, 3.8) is 0 Å². The summed E-state index contributed by atoms with van der Waals surface area (Å²) < 4.78 is 26.6. The van der Waals surface area contributed by atoms with Crippen LogP contribution in [0, 0.1) is 11.3 Å². The number of benzene rings is 1. The summed E-state index contributed by atoms with van der Waals surface area (Å²) in [4.78, 5) is 12.0. The molecule has 1 aromatic heterocycles. The topological polar surface area (TPSA) is 83.2 Å². The van der Waals surface area contributed by atoms with E-state index in [1.165, 1.54) is 37.0 Å². The Balaban J connectivity index is 2.49. The molecule has 1 aromatic carbocycles. The van der Waals surface area contributed by atoms with Crippen LogP contribution >= 0.6 is 0 Å². The molecule has 22 heavy (non-hydrogen) atoms. The zero-order valence-corrected chi connectivity index (χ0v) is 13.0. The Hall–Kier alpha value is -2.43. The molecule has 0 aliphatic rings. The van der Waals surface area contributed by atoms with Gasteiger partial charge in [-0.25, -0.2) is 12.7 Å². The van der Waals surface area contributed by atoms with E-state index >= 15 is 0 Å². The summed E-state index contributed by atoms with van der Waals surface area (Å²) in [6, 6.07) is 11.4. The van der Waals surface area contributed by atoms with Crippen LogP contribution in [0.15, 0.2) is 52.3 Å². The van der Waals surface area contributed by atoms with Gasteiger partial charge in [-0.2, -0.15) is 5.26 Å². The average Bonchev–Trinajstić information content (AvgIpc) is 2.49. The average molecular weight is 317 g/mol. The van der Waals surface area contributed by atoms with E-state index < -0.39 is 10.0 Å². The highest BCUT2D eigenvalue weighted by atomic mass is 32.2. The van der Waals surface area contributed by atoms with Crippen molar-refractivity contribution in [2.75, 3.05) is 14.1 Å². The molecule has 0 fully saturated rings. The summed E-state index contributed by atoms with van der Waals surface area (Å²) in [6.07, 6.45) is 1.30. The summed E-state index contributed by atoms with van der Waals surface area (Å²) in [5.74, 6) is 0. The Morgan fingerprint density at radius 3 is 2.50 bits per heavy atom. The van der Waals surface area contributed by atoms with E-state index in [1.54, 1.807) is 24.3 Å². The third-order valence-corrected chi connectivity index (χ3v) is 5.01. The minimum absolute atomic E-state index is 0.0338. The normalized spacial score (nSPS) is 11.4. The van der Waals surface area contributed by atoms with E-state index in [0.717, 1.165) is 4.31 Å². The molecule has 0 radical (unpaired) electrons. The van der Waals surface area contributed by atoms with Gasteiger partial charge in [-0.1, -0.05) is 18.2 Å². The van der Waals surface area contributed by atoms with E-state index in [-0.39, 0.29) is 17.0 Å². The summed E-state index contributed by atoms with van der Waals surface area (Å²) in [7, 11) is -0.763. The van der Waals surface area contributed by atoms with Crippen molar-refractivity contribution in [1.82, 2.24) is 8.87 Å². The van der Waals surface area contributed by atoms with Crippen LogP contribution in [0.2, 0.25) is 0 Å². The fourth-order valence-electron chi connectivity index (χ4n) is 1.95. The molecule has 0 amide bonds. The number of sulfonamides is 1. The number of pyridine rings is 1. The lowest BCUT2D eigenvalue weighted by molar-refractivity contribution is 0.519. The number of nitriles is 1. The molecule has 0 saturated heterocycles. The van der Waals surface area contributed by atoms with E-state index in [1.807, 2.05) is 0 Å². The minimum atomic E-state index is -3.62. The van der Waals surface area contributed by atoms with Gasteiger partial charge in [0.2, 0.25) is 10.0 Å². The quantitative estimate of drug-likeness (QED) is 0.843. The second kappa shape index (κ2) is 6.13. The molecular weight excluding hydrogens is 302 g/mol. The van der Waals surface area contributed by atoms with E-state index in [4.69, 9.17) is 5.26 Å². The number of hydrogen-bond donors (Lipinski definition) is 0. The summed E-state index contributed by atoms with van der Waals surface area (Å²) in [6.45, 7) is 0.138. The molecule has 0 N–H and O–H groups in total.